The van der Waals surface area contributed by atoms with Gasteiger partial charge in [0.2, 0.25) is 5.95 Å². The summed E-state index contributed by atoms with van der Waals surface area (Å²) in [6.45, 7) is 12.2. The smallest absolute Gasteiger partial charge is 0.202 e. The Morgan fingerprint density at radius 2 is 2.10 bits per heavy atom. The maximum atomic E-state index is 6.21. The van der Waals surface area contributed by atoms with E-state index >= 15 is 0 Å². The minimum atomic E-state index is 0.0501. The number of hydrogen-bond acceptors (Lipinski definition) is 4. The lowest BCUT2D eigenvalue weighted by atomic mass is 9.64. The van der Waals surface area contributed by atoms with Crippen LogP contribution in [0.15, 0.2) is 0 Å². The monoisotopic (exact) mass is 291 g/mol. The number of aromatic nitrogens is 4. The minimum Gasteiger partial charge on any atom is -0.378 e. The van der Waals surface area contributed by atoms with Crippen molar-refractivity contribution < 1.29 is 4.74 Å². The number of anilines is 1. The number of nitrogens with zero attached hydrogens (tertiary/aromatic N) is 4. The fraction of sp³-hybridized carbons (Fsp3) is 0.733. The van der Waals surface area contributed by atoms with E-state index in [1.54, 1.807) is 0 Å². The Kier molecular flexibility index (Phi) is 3.24. The highest BCUT2D eigenvalue weighted by Crippen LogP contribution is 2.53. The Hall–Kier alpha value is -1.56. The van der Waals surface area contributed by atoms with Gasteiger partial charge in [0, 0.05) is 24.6 Å². The van der Waals surface area contributed by atoms with Crippen molar-refractivity contribution in [2.24, 2.45) is 5.41 Å². The van der Waals surface area contributed by atoms with E-state index in [2.05, 4.69) is 35.4 Å². The Morgan fingerprint density at radius 1 is 1.38 bits per heavy atom. The molecule has 21 heavy (non-hydrogen) atoms. The highest BCUT2D eigenvalue weighted by molar-refractivity contribution is 5.78. The van der Waals surface area contributed by atoms with Crippen molar-refractivity contribution in [2.45, 2.75) is 59.7 Å². The summed E-state index contributed by atoms with van der Waals surface area (Å²) in [4.78, 5) is 4.54. The summed E-state index contributed by atoms with van der Waals surface area (Å²) in [5.74, 6) is 0.584. The van der Waals surface area contributed by atoms with Crippen molar-refractivity contribution in [1.82, 2.24) is 19.3 Å². The van der Waals surface area contributed by atoms with Gasteiger partial charge in [-0.25, -0.2) is 9.67 Å². The van der Waals surface area contributed by atoms with Crippen molar-refractivity contribution in [3.8, 4) is 0 Å². The molecule has 2 unspecified atom stereocenters. The van der Waals surface area contributed by atoms with E-state index < -0.39 is 0 Å². The number of ether oxygens (including phenoxy) is 1. The zero-order valence-corrected chi connectivity index (χ0v) is 13.6. The van der Waals surface area contributed by atoms with E-state index in [9.17, 15) is 0 Å². The van der Waals surface area contributed by atoms with Gasteiger partial charge in [0.1, 0.15) is 5.52 Å². The Bertz CT molecular complexity index is 669. The molecular formula is C15H25N5O. The second-order valence-electron chi connectivity index (χ2n) is 6.43. The van der Waals surface area contributed by atoms with Crippen LogP contribution in [0.25, 0.3) is 11.2 Å². The van der Waals surface area contributed by atoms with Crippen LogP contribution in [-0.2, 0) is 11.3 Å². The maximum Gasteiger partial charge on any atom is 0.202 e. The first-order chi connectivity index (χ1) is 9.91. The highest BCUT2D eigenvalue weighted by Gasteiger charge is 2.51. The molecule has 2 atom stereocenters. The summed E-state index contributed by atoms with van der Waals surface area (Å²) in [5.41, 5.74) is 9.17. The molecule has 1 aliphatic carbocycles. The normalized spacial score (nSPS) is 24.4. The summed E-state index contributed by atoms with van der Waals surface area (Å²) < 4.78 is 10.00. The lowest BCUT2D eigenvalue weighted by Crippen LogP contribution is -2.51. The van der Waals surface area contributed by atoms with Gasteiger partial charge in [0.05, 0.1) is 11.8 Å². The molecule has 2 aromatic heterocycles. The number of nitrogens with two attached hydrogens (primary N) is 1. The fourth-order valence-electron chi connectivity index (χ4n) is 3.52. The Labute approximate surface area is 125 Å². The topological polar surface area (TPSA) is 70.9 Å². The molecule has 0 spiro atoms. The molecule has 1 saturated carbocycles. The number of nitrogen functional groups attached to an aromatic ring is 1. The average molecular weight is 291 g/mol. The molecule has 1 aliphatic rings. The molecule has 0 saturated heterocycles. The molecule has 6 heteroatoms. The first-order valence-electron chi connectivity index (χ1n) is 7.74. The van der Waals surface area contributed by atoms with Crippen molar-refractivity contribution in [3.05, 3.63) is 5.69 Å². The van der Waals surface area contributed by atoms with Gasteiger partial charge in [-0.1, -0.05) is 13.8 Å². The molecule has 0 aromatic carbocycles. The number of aryl methyl sites for hydroxylation is 2. The SMILES string of the molecule is CCOC1CC(n2c(N)nc3c(C)nn(CC)c32)C1(C)C. The van der Waals surface area contributed by atoms with Gasteiger partial charge >= 0.3 is 0 Å². The summed E-state index contributed by atoms with van der Waals surface area (Å²) in [5, 5.41) is 4.56. The van der Waals surface area contributed by atoms with E-state index in [-0.39, 0.29) is 11.5 Å². The van der Waals surface area contributed by atoms with Crippen molar-refractivity contribution >= 4 is 17.1 Å². The van der Waals surface area contributed by atoms with Crippen LogP contribution in [-0.4, -0.2) is 32.0 Å². The molecular weight excluding hydrogens is 266 g/mol. The average Bonchev–Trinajstić information content (AvgIpc) is 2.92. The van der Waals surface area contributed by atoms with Crippen LogP contribution < -0.4 is 5.73 Å². The summed E-state index contributed by atoms with van der Waals surface area (Å²) >= 11 is 0. The third kappa shape index (κ3) is 1.88. The summed E-state index contributed by atoms with van der Waals surface area (Å²) in [6, 6.07) is 0.306. The van der Waals surface area contributed by atoms with Gasteiger partial charge in [-0.2, -0.15) is 5.10 Å². The van der Waals surface area contributed by atoms with Gasteiger partial charge < -0.3 is 10.5 Å². The van der Waals surface area contributed by atoms with Gasteiger partial charge in [-0.15, -0.1) is 0 Å². The molecule has 116 valence electrons. The predicted octanol–water partition coefficient (Wildman–Crippen LogP) is 2.52. The van der Waals surface area contributed by atoms with Gasteiger partial charge in [-0.3, -0.25) is 4.57 Å². The highest BCUT2D eigenvalue weighted by atomic mass is 16.5. The fourth-order valence-corrected chi connectivity index (χ4v) is 3.52. The van der Waals surface area contributed by atoms with Crippen LogP contribution in [0, 0.1) is 12.3 Å². The summed E-state index contributed by atoms with van der Waals surface area (Å²) in [6.07, 6.45) is 1.26. The second kappa shape index (κ2) is 4.73. The molecule has 3 rings (SSSR count). The van der Waals surface area contributed by atoms with Crippen molar-refractivity contribution in [2.75, 3.05) is 12.3 Å². The van der Waals surface area contributed by atoms with E-state index in [4.69, 9.17) is 10.5 Å². The zero-order valence-electron chi connectivity index (χ0n) is 13.6. The molecule has 6 nitrogen and oxygen atoms in total. The number of fused-ring (bicyclic) bond motifs is 1. The Morgan fingerprint density at radius 3 is 2.67 bits per heavy atom. The molecule has 0 aliphatic heterocycles. The van der Waals surface area contributed by atoms with Crippen LogP contribution in [0.4, 0.5) is 5.95 Å². The Balaban J connectivity index is 2.07. The number of imidazole rings is 1. The van der Waals surface area contributed by atoms with Gasteiger partial charge in [0.25, 0.3) is 0 Å². The van der Waals surface area contributed by atoms with E-state index in [1.807, 2.05) is 18.5 Å². The first-order valence-corrected chi connectivity index (χ1v) is 7.74. The zero-order chi connectivity index (χ0) is 15.4. The maximum absolute atomic E-state index is 6.21. The molecule has 0 bridgehead atoms. The second-order valence-corrected chi connectivity index (χ2v) is 6.43. The van der Waals surface area contributed by atoms with Crippen LogP contribution >= 0.6 is 0 Å². The first kappa shape index (κ1) is 14.4. The van der Waals surface area contributed by atoms with Gasteiger partial charge in [-0.05, 0) is 27.2 Å². The largest absolute Gasteiger partial charge is 0.378 e. The molecule has 2 aromatic rings. The minimum absolute atomic E-state index is 0.0501. The van der Waals surface area contributed by atoms with E-state index in [1.165, 1.54) is 0 Å². The predicted molar refractivity (Wildman–Crippen MR) is 83.2 cm³/mol. The summed E-state index contributed by atoms with van der Waals surface area (Å²) in [7, 11) is 0. The van der Waals surface area contributed by atoms with Crippen molar-refractivity contribution in [3.63, 3.8) is 0 Å². The number of rotatable bonds is 4. The van der Waals surface area contributed by atoms with Crippen molar-refractivity contribution in [1.29, 1.82) is 0 Å². The third-order valence-electron chi connectivity index (χ3n) is 4.88. The standard InChI is InChI=1S/C15H25N5O/c1-6-19-13-12(9(3)18-19)17-14(16)20(13)10-8-11(21-7-2)15(10,4)5/h10-11H,6-8H2,1-5H3,(H2,16,17). The van der Waals surface area contributed by atoms with Crippen LogP contribution in [0.5, 0.6) is 0 Å². The van der Waals surface area contributed by atoms with Gasteiger partial charge in [0.15, 0.2) is 5.65 Å². The van der Waals surface area contributed by atoms with Crippen LogP contribution in [0.1, 0.15) is 45.9 Å². The molecule has 2 heterocycles. The molecule has 1 fully saturated rings. The van der Waals surface area contributed by atoms with E-state index in [0.717, 1.165) is 36.4 Å². The number of hydrogen-bond donors (Lipinski definition) is 1. The third-order valence-corrected chi connectivity index (χ3v) is 4.88. The van der Waals surface area contributed by atoms with Crippen LogP contribution in [0.2, 0.25) is 0 Å². The quantitative estimate of drug-likeness (QED) is 0.939. The van der Waals surface area contributed by atoms with E-state index in [0.29, 0.717) is 12.0 Å². The van der Waals surface area contributed by atoms with Crippen LogP contribution in [0.3, 0.4) is 0 Å². The molecule has 0 radical (unpaired) electrons. The lowest BCUT2D eigenvalue weighted by Gasteiger charge is -2.52. The lowest BCUT2D eigenvalue weighted by molar-refractivity contribution is -0.126. The molecule has 2 N–H and O–H groups in total. The molecule has 0 amide bonds.